The molecule has 2 aliphatic heterocycles. The fraction of sp³-hybridized carbons (Fsp3) is 0.625. The molecule has 1 aromatic rings. The smallest absolute Gasteiger partial charge is 0.255 e. The number of hydrogen-bond acceptors (Lipinski definition) is 5. The summed E-state index contributed by atoms with van der Waals surface area (Å²) in [5, 5.41) is 3.29. The van der Waals surface area contributed by atoms with Gasteiger partial charge in [0.2, 0.25) is 0 Å². The lowest BCUT2D eigenvalue weighted by molar-refractivity contribution is -0.158. The van der Waals surface area contributed by atoms with Gasteiger partial charge in [0.25, 0.3) is 5.91 Å². The molecule has 0 atom stereocenters. The van der Waals surface area contributed by atoms with E-state index in [1.165, 1.54) is 0 Å². The summed E-state index contributed by atoms with van der Waals surface area (Å²) in [5.41, 5.74) is -0.636. The summed E-state index contributed by atoms with van der Waals surface area (Å²) in [6.07, 6.45) is 3.30. The Morgan fingerprint density at radius 1 is 1.26 bits per heavy atom. The molecular formula is C16H23BrN4O2. The lowest BCUT2D eigenvalue weighted by atomic mass is 9.90. The lowest BCUT2D eigenvalue weighted by Crippen LogP contribution is -2.59. The van der Waals surface area contributed by atoms with Gasteiger partial charge < -0.3 is 19.9 Å². The number of hydrogen-bond donors (Lipinski definition) is 1. The SMILES string of the molecule is COC1(C(=O)N2CCN(c3ccc(Br)cn3)CC2)CCNCC1. The van der Waals surface area contributed by atoms with Crippen LogP contribution in [0.5, 0.6) is 0 Å². The fourth-order valence-electron chi connectivity index (χ4n) is 3.32. The standard InChI is InChI=1S/C16H23BrN4O2/c1-23-16(4-6-18-7-5-16)15(22)21-10-8-20(9-11-21)14-3-2-13(17)12-19-14/h2-3,12,18H,4-11H2,1H3. The molecule has 0 spiro atoms. The first-order valence-electron chi connectivity index (χ1n) is 8.06. The Morgan fingerprint density at radius 2 is 1.96 bits per heavy atom. The fourth-order valence-corrected chi connectivity index (χ4v) is 3.55. The average molecular weight is 383 g/mol. The molecule has 2 fully saturated rings. The summed E-state index contributed by atoms with van der Waals surface area (Å²) < 4.78 is 6.63. The van der Waals surface area contributed by atoms with Gasteiger partial charge in [-0.25, -0.2) is 4.98 Å². The zero-order chi connectivity index (χ0) is 16.3. The molecule has 0 radical (unpaired) electrons. The largest absolute Gasteiger partial charge is 0.368 e. The summed E-state index contributed by atoms with van der Waals surface area (Å²) in [4.78, 5) is 21.5. The Kier molecular flexibility index (Phi) is 5.18. The highest BCUT2D eigenvalue weighted by Crippen LogP contribution is 2.26. The van der Waals surface area contributed by atoms with Gasteiger partial charge in [-0.1, -0.05) is 0 Å². The molecule has 1 amide bonds. The van der Waals surface area contributed by atoms with Gasteiger partial charge >= 0.3 is 0 Å². The monoisotopic (exact) mass is 382 g/mol. The molecule has 0 bridgehead atoms. The number of carbonyl (C=O) groups excluding carboxylic acids is 1. The van der Waals surface area contributed by atoms with Crippen LogP contribution in [-0.4, -0.2) is 67.8 Å². The molecule has 0 aromatic carbocycles. The van der Waals surface area contributed by atoms with Crippen molar-refractivity contribution in [1.82, 2.24) is 15.2 Å². The van der Waals surface area contributed by atoms with Crippen LogP contribution in [0.2, 0.25) is 0 Å². The molecule has 0 saturated carbocycles. The minimum atomic E-state index is -0.636. The number of methoxy groups -OCH3 is 1. The number of piperazine rings is 1. The molecule has 126 valence electrons. The van der Waals surface area contributed by atoms with Crippen LogP contribution in [0.15, 0.2) is 22.8 Å². The van der Waals surface area contributed by atoms with E-state index in [4.69, 9.17) is 4.74 Å². The summed E-state index contributed by atoms with van der Waals surface area (Å²) in [6.45, 7) is 4.71. The third-order valence-corrected chi connectivity index (χ3v) is 5.26. The maximum Gasteiger partial charge on any atom is 0.255 e. The van der Waals surface area contributed by atoms with Gasteiger partial charge in [-0.2, -0.15) is 0 Å². The highest BCUT2D eigenvalue weighted by molar-refractivity contribution is 9.10. The molecule has 7 heteroatoms. The number of nitrogens with one attached hydrogen (secondary N) is 1. The first-order chi connectivity index (χ1) is 11.1. The van der Waals surface area contributed by atoms with Crippen molar-refractivity contribution < 1.29 is 9.53 Å². The van der Waals surface area contributed by atoms with E-state index in [-0.39, 0.29) is 5.91 Å². The molecule has 0 aliphatic carbocycles. The minimum Gasteiger partial charge on any atom is -0.368 e. The van der Waals surface area contributed by atoms with Crippen LogP contribution in [0.4, 0.5) is 5.82 Å². The zero-order valence-electron chi connectivity index (χ0n) is 13.4. The summed E-state index contributed by atoms with van der Waals surface area (Å²) in [7, 11) is 1.66. The first kappa shape index (κ1) is 16.7. The van der Waals surface area contributed by atoms with E-state index in [0.717, 1.165) is 62.4 Å². The molecule has 2 saturated heterocycles. The second-order valence-corrected chi connectivity index (χ2v) is 6.98. The Labute approximate surface area is 145 Å². The minimum absolute atomic E-state index is 0.143. The van der Waals surface area contributed by atoms with Gasteiger partial charge in [-0.05, 0) is 54.0 Å². The van der Waals surface area contributed by atoms with Crippen LogP contribution in [0, 0.1) is 0 Å². The second kappa shape index (κ2) is 7.15. The topological polar surface area (TPSA) is 57.7 Å². The van der Waals surface area contributed by atoms with E-state index in [0.29, 0.717) is 0 Å². The zero-order valence-corrected chi connectivity index (χ0v) is 15.0. The molecule has 1 N–H and O–H groups in total. The number of aromatic nitrogens is 1. The summed E-state index contributed by atoms with van der Waals surface area (Å²) >= 11 is 3.40. The Hall–Kier alpha value is -1.18. The van der Waals surface area contributed by atoms with Crippen molar-refractivity contribution in [3.05, 3.63) is 22.8 Å². The van der Waals surface area contributed by atoms with Crippen LogP contribution < -0.4 is 10.2 Å². The number of rotatable bonds is 3. The molecule has 3 rings (SSSR count). The number of pyridine rings is 1. The van der Waals surface area contributed by atoms with Crippen LogP contribution in [0.3, 0.4) is 0 Å². The summed E-state index contributed by atoms with van der Waals surface area (Å²) in [5.74, 6) is 1.11. The third kappa shape index (κ3) is 3.51. The molecule has 6 nitrogen and oxygen atoms in total. The van der Waals surface area contributed by atoms with Gasteiger partial charge in [0.15, 0.2) is 0 Å². The van der Waals surface area contributed by atoms with Crippen LogP contribution in [0.25, 0.3) is 0 Å². The van der Waals surface area contributed by atoms with Crippen molar-refractivity contribution in [3.8, 4) is 0 Å². The number of ether oxygens (including phenoxy) is 1. The highest BCUT2D eigenvalue weighted by Gasteiger charge is 2.43. The van der Waals surface area contributed by atoms with Crippen LogP contribution in [-0.2, 0) is 9.53 Å². The molecule has 2 aliphatic rings. The maximum atomic E-state index is 12.9. The van der Waals surface area contributed by atoms with Gasteiger partial charge in [0.05, 0.1) is 0 Å². The van der Waals surface area contributed by atoms with Crippen molar-refractivity contribution in [3.63, 3.8) is 0 Å². The first-order valence-corrected chi connectivity index (χ1v) is 8.86. The van der Waals surface area contributed by atoms with E-state index < -0.39 is 5.60 Å². The highest BCUT2D eigenvalue weighted by atomic mass is 79.9. The number of anilines is 1. The second-order valence-electron chi connectivity index (χ2n) is 6.06. The summed E-state index contributed by atoms with van der Waals surface area (Å²) in [6, 6.07) is 4.00. The van der Waals surface area contributed by atoms with Gasteiger partial charge in [0, 0.05) is 44.0 Å². The maximum absolute atomic E-state index is 12.9. The van der Waals surface area contributed by atoms with Crippen LogP contribution in [0.1, 0.15) is 12.8 Å². The Balaban J connectivity index is 1.61. The Morgan fingerprint density at radius 3 is 2.52 bits per heavy atom. The average Bonchev–Trinajstić information content (AvgIpc) is 2.62. The van der Waals surface area contributed by atoms with Gasteiger partial charge in [-0.15, -0.1) is 0 Å². The van der Waals surface area contributed by atoms with Crippen molar-refractivity contribution in [2.75, 3.05) is 51.3 Å². The van der Waals surface area contributed by atoms with Crippen LogP contribution >= 0.6 is 15.9 Å². The van der Waals surface area contributed by atoms with E-state index in [9.17, 15) is 4.79 Å². The van der Waals surface area contributed by atoms with E-state index >= 15 is 0 Å². The number of nitrogens with zero attached hydrogens (tertiary/aromatic N) is 3. The third-order valence-electron chi connectivity index (χ3n) is 4.79. The Bertz CT molecular complexity index is 538. The molecule has 1 aromatic heterocycles. The number of carbonyl (C=O) groups is 1. The van der Waals surface area contributed by atoms with Crippen molar-refractivity contribution >= 4 is 27.7 Å². The molecule has 23 heavy (non-hydrogen) atoms. The van der Waals surface area contributed by atoms with E-state index in [2.05, 4.69) is 31.1 Å². The number of amides is 1. The molecule has 3 heterocycles. The molecular weight excluding hydrogens is 360 g/mol. The number of halogens is 1. The van der Waals surface area contributed by atoms with E-state index in [1.54, 1.807) is 7.11 Å². The van der Waals surface area contributed by atoms with E-state index in [1.807, 2.05) is 23.2 Å². The van der Waals surface area contributed by atoms with Crippen molar-refractivity contribution in [1.29, 1.82) is 0 Å². The lowest BCUT2D eigenvalue weighted by Gasteiger charge is -2.42. The predicted octanol–water partition coefficient (Wildman–Crippen LogP) is 1.26. The van der Waals surface area contributed by atoms with Gasteiger partial charge in [-0.3, -0.25) is 4.79 Å². The quantitative estimate of drug-likeness (QED) is 0.852. The van der Waals surface area contributed by atoms with Gasteiger partial charge in [0.1, 0.15) is 11.4 Å². The molecule has 0 unspecified atom stereocenters. The normalized spacial score (nSPS) is 21.3. The predicted molar refractivity (Wildman–Crippen MR) is 92.6 cm³/mol. The van der Waals surface area contributed by atoms with Crippen molar-refractivity contribution in [2.45, 2.75) is 18.4 Å². The number of piperidine rings is 1. The van der Waals surface area contributed by atoms with Crippen molar-refractivity contribution in [2.24, 2.45) is 0 Å².